The molecule has 0 saturated carbocycles. The molecule has 7 nitrogen and oxygen atoms in total. The third-order valence-corrected chi connectivity index (χ3v) is 6.36. The van der Waals surface area contributed by atoms with Crippen molar-refractivity contribution in [2.45, 2.75) is 44.3 Å². The molecule has 1 unspecified atom stereocenters. The van der Waals surface area contributed by atoms with Crippen LogP contribution < -0.4 is 5.32 Å². The molecule has 3 saturated heterocycles. The molecule has 1 atom stereocenters. The zero-order chi connectivity index (χ0) is 21.0. The molecule has 3 amide bonds. The number of carbonyl (C=O) groups is 2. The Morgan fingerprint density at radius 3 is 2.47 bits per heavy atom. The first-order chi connectivity index (χ1) is 14.5. The molecular weight excluding hydrogens is 389 g/mol. The number of halogens is 1. The van der Waals surface area contributed by atoms with E-state index in [9.17, 15) is 14.0 Å². The smallest absolute Gasteiger partial charge is 0.321 e. The number of nitrogens with zero attached hydrogens (tertiary/aromatic N) is 2. The van der Waals surface area contributed by atoms with Gasteiger partial charge < -0.3 is 24.6 Å². The Morgan fingerprint density at radius 1 is 1.07 bits per heavy atom. The van der Waals surface area contributed by atoms with Gasteiger partial charge in [-0.15, -0.1) is 0 Å². The minimum Gasteiger partial charge on any atom is -0.347 e. The van der Waals surface area contributed by atoms with Gasteiger partial charge in [-0.25, -0.2) is 9.18 Å². The highest BCUT2D eigenvalue weighted by Crippen LogP contribution is 2.32. The molecule has 0 bridgehead atoms. The second-order valence-corrected chi connectivity index (χ2v) is 8.42. The van der Waals surface area contributed by atoms with E-state index >= 15 is 0 Å². The summed E-state index contributed by atoms with van der Waals surface area (Å²) in [5.41, 5.74) is 0.580. The lowest BCUT2D eigenvalue weighted by atomic mass is 9.93. The predicted molar refractivity (Wildman–Crippen MR) is 109 cm³/mol. The maximum absolute atomic E-state index is 13.0. The van der Waals surface area contributed by atoms with E-state index in [4.69, 9.17) is 9.47 Å². The fourth-order valence-electron chi connectivity index (χ4n) is 4.59. The number of hydrogen-bond donors (Lipinski definition) is 1. The maximum atomic E-state index is 13.0. The van der Waals surface area contributed by atoms with E-state index in [0.29, 0.717) is 57.4 Å². The van der Waals surface area contributed by atoms with Gasteiger partial charge in [0, 0.05) is 51.1 Å². The summed E-state index contributed by atoms with van der Waals surface area (Å²) in [6.45, 7) is 3.98. The van der Waals surface area contributed by atoms with Gasteiger partial charge >= 0.3 is 6.03 Å². The number of likely N-dealkylation sites (tertiary alicyclic amines) is 2. The number of hydrogen-bond acceptors (Lipinski definition) is 4. The number of piperidine rings is 2. The predicted octanol–water partition coefficient (Wildman–Crippen LogP) is 3.22. The molecule has 164 valence electrons. The Kier molecular flexibility index (Phi) is 6.53. The molecule has 8 heteroatoms. The summed E-state index contributed by atoms with van der Waals surface area (Å²) in [5, 5.41) is 2.82. The summed E-state index contributed by atoms with van der Waals surface area (Å²) >= 11 is 0. The van der Waals surface area contributed by atoms with Gasteiger partial charge in [0.15, 0.2) is 5.79 Å². The third kappa shape index (κ3) is 5.10. The van der Waals surface area contributed by atoms with Crippen LogP contribution in [0.1, 0.15) is 38.5 Å². The minimum absolute atomic E-state index is 0.171. The lowest BCUT2D eigenvalue weighted by Crippen LogP contribution is -2.47. The summed E-state index contributed by atoms with van der Waals surface area (Å²) < 4.78 is 24.5. The Balaban J connectivity index is 1.20. The molecule has 3 heterocycles. The van der Waals surface area contributed by atoms with Gasteiger partial charge in [-0.05, 0) is 49.4 Å². The highest BCUT2D eigenvalue weighted by molar-refractivity contribution is 5.89. The molecule has 1 spiro atoms. The van der Waals surface area contributed by atoms with Crippen LogP contribution >= 0.6 is 0 Å². The molecule has 30 heavy (non-hydrogen) atoms. The number of benzene rings is 1. The van der Waals surface area contributed by atoms with E-state index in [1.165, 1.54) is 12.1 Å². The number of anilines is 1. The fourth-order valence-corrected chi connectivity index (χ4v) is 4.59. The van der Waals surface area contributed by atoms with Crippen molar-refractivity contribution in [3.05, 3.63) is 30.1 Å². The summed E-state index contributed by atoms with van der Waals surface area (Å²) in [5.74, 6) is -0.295. The Hall–Kier alpha value is -2.19. The van der Waals surface area contributed by atoms with Crippen LogP contribution in [0.3, 0.4) is 0 Å². The standard InChI is InChI=1S/C22H30FN3O4/c23-18-4-6-19(7-5-18)24-21(28)26-11-1-2-17(16-26)3-8-20(27)25-12-9-22(10-13-25)29-14-15-30-22/h4-7,17H,1-3,8-16H2,(H,24,28). The van der Waals surface area contributed by atoms with Crippen LogP contribution in [0.25, 0.3) is 0 Å². The largest absolute Gasteiger partial charge is 0.347 e. The van der Waals surface area contributed by atoms with Crippen molar-refractivity contribution in [3.8, 4) is 0 Å². The van der Waals surface area contributed by atoms with Crippen LogP contribution in [0, 0.1) is 11.7 Å². The molecule has 0 aliphatic carbocycles. The zero-order valence-corrected chi connectivity index (χ0v) is 17.3. The van der Waals surface area contributed by atoms with E-state index in [0.717, 1.165) is 32.1 Å². The first-order valence-corrected chi connectivity index (χ1v) is 10.9. The quantitative estimate of drug-likeness (QED) is 0.814. The van der Waals surface area contributed by atoms with Gasteiger partial charge in [0.25, 0.3) is 0 Å². The first kappa shape index (κ1) is 21.1. The lowest BCUT2D eigenvalue weighted by Gasteiger charge is -2.38. The summed E-state index contributed by atoms with van der Waals surface area (Å²) in [4.78, 5) is 28.9. The van der Waals surface area contributed by atoms with Gasteiger partial charge in [0.1, 0.15) is 5.82 Å². The molecule has 1 aromatic rings. The number of urea groups is 1. The van der Waals surface area contributed by atoms with Gasteiger partial charge in [-0.3, -0.25) is 4.79 Å². The molecule has 1 aromatic carbocycles. The van der Waals surface area contributed by atoms with Crippen molar-refractivity contribution in [1.29, 1.82) is 0 Å². The van der Waals surface area contributed by atoms with Crippen LogP contribution in [0.2, 0.25) is 0 Å². The van der Waals surface area contributed by atoms with Crippen molar-refractivity contribution in [2.75, 3.05) is 44.7 Å². The van der Waals surface area contributed by atoms with Gasteiger partial charge in [-0.2, -0.15) is 0 Å². The molecule has 0 aromatic heterocycles. The van der Waals surface area contributed by atoms with E-state index in [1.54, 1.807) is 17.0 Å². The van der Waals surface area contributed by atoms with Crippen molar-refractivity contribution >= 4 is 17.6 Å². The summed E-state index contributed by atoms with van der Waals surface area (Å²) in [7, 11) is 0. The highest BCUT2D eigenvalue weighted by Gasteiger charge is 2.40. The van der Waals surface area contributed by atoms with Crippen molar-refractivity contribution in [1.82, 2.24) is 9.80 Å². The monoisotopic (exact) mass is 419 g/mol. The topological polar surface area (TPSA) is 71.1 Å². The van der Waals surface area contributed by atoms with Crippen LogP contribution in [-0.2, 0) is 14.3 Å². The summed E-state index contributed by atoms with van der Waals surface area (Å²) in [6, 6.07) is 5.59. The van der Waals surface area contributed by atoms with Crippen LogP contribution in [0.5, 0.6) is 0 Å². The van der Waals surface area contributed by atoms with Crippen molar-refractivity contribution < 1.29 is 23.5 Å². The van der Waals surface area contributed by atoms with Crippen LogP contribution in [0.15, 0.2) is 24.3 Å². The maximum Gasteiger partial charge on any atom is 0.321 e. The molecule has 3 fully saturated rings. The molecular formula is C22H30FN3O4. The summed E-state index contributed by atoms with van der Waals surface area (Å²) in [6.07, 6.45) is 4.72. The molecule has 3 aliphatic heterocycles. The van der Waals surface area contributed by atoms with Gasteiger partial charge in [0.2, 0.25) is 5.91 Å². The Morgan fingerprint density at radius 2 is 1.77 bits per heavy atom. The molecule has 1 N–H and O–H groups in total. The zero-order valence-electron chi connectivity index (χ0n) is 17.3. The van der Waals surface area contributed by atoms with E-state index < -0.39 is 5.79 Å². The Labute approximate surface area is 176 Å². The average Bonchev–Trinajstić information content (AvgIpc) is 3.22. The molecule has 4 rings (SSSR count). The van der Waals surface area contributed by atoms with Gasteiger partial charge in [0.05, 0.1) is 13.2 Å². The van der Waals surface area contributed by atoms with Crippen molar-refractivity contribution in [3.63, 3.8) is 0 Å². The fraction of sp³-hybridized carbons (Fsp3) is 0.636. The lowest BCUT2D eigenvalue weighted by molar-refractivity contribution is -0.187. The number of carbonyl (C=O) groups excluding carboxylic acids is 2. The SMILES string of the molecule is O=C(CCC1CCCN(C(=O)Nc2ccc(F)cc2)C1)N1CCC2(CC1)OCCO2. The highest BCUT2D eigenvalue weighted by atomic mass is 19.1. The number of nitrogens with one attached hydrogen (secondary N) is 1. The normalized spacial score (nSPS) is 23.6. The molecule has 0 radical (unpaired) electrons. The third-order valence-electron chi connectivity index (χ3n) is 6.36. The number of amides is 3. The first-order valence-electron chi connectivity index (χ1n) is 10.9. The van der Waals surface area contributed by atoms with E-state index in [1.807, 2.05) is 4.90 Å². The van der Waals surface area contributed by atoms with Crippen LogP contribution in [0.4, 0.5) is 14.9 Å². The van der Waals surface area contributed by atoms with Gasteiger partial charge in [-0.1, -0.05) is 0 Å². The molecule has 3 aliphatic rings. The second-order valence-electron chi connectivity index (χ2n) is 8.42. The Bertz CT molecular complexity index is 741. The van der Waals surface area contributed by atoms with Crippen LogP contribution in [-0.4, -0.2) is 66.9 Å². The second kappa shape index (κ2) is 9.31. The van der Waals surface area contributed by atoms with E-state index in [2.05, 4.69) is 5.32 Å². The minimum atomic E-state index is -0.460. The number of ether oxygens (including phenoxy) is 2. The van der Waals surface area contributed by atoms with Crippen molar-refractivity contribution in [2.24, 2.45) is 5.92 Å². The van der Waals surface area contributed by atoms with E-state index in [-0.39, 0.29) is 17.8 Å². The number of rotatable bonds is 4. The average molecular weight is 419 g/mol.